The second kappa shape index (κ2) is 19.2. The molecule has 1 aliphatic rings. The molecule has 0 saturated heterocycles. The molecule has 0 fully saturated rings. The van der Waals surface area contributed by atoms with Crippen LogP contribution >= 0.6 is 23.2 Å². The van der Waals surface area contributed by atoms with Gasteiger partial charge in [-0.3, -0.25) is 4.98 Å². The Kier molecular flexibility index (Phi) is 16.7. The van der Waals surface area contributed by atoms with Crippen LogP contribution in [-0.2, 0) is 34.3 Å². The van der Waals surface area contributed by atoms with Gasteiger partial charge in [0.1, 0.15) is 27.9 Å². The number of allylic oxidation sites excluding steroid dienone is 1. The average molecular weight is 602 g/mol. The fourth-order valence-corrected chi connectivity index (χ4v) is 3.58. The van der Waals surface area contributed by atoms with Crippen molar-refractivity contribution < 1.29 is 21.6 Å². The lowest BCUT2D eigenvalue weighted by molar-refractivity contribution is 0.0771. The van der Waals surface area contributed by atoms with E-state index in [1.165, 1.54) is 11.8 Å². The van der Waals surface area contributed by atoms with Gasteiger partial charge in [-0.05, 0) is 42.9 Å². The van der Waals surface area contributed by atoms with Crippen molar-refractivity contribution in [2.45, 2.75) is 45.8 Å². The lowest BCUT2D eigenvalue weighted by atomic mass is 9.99. The standard InChI is InChI=1S/C12H16ClN3O.C11H10ClN3.2O2S/c1-3-8-4-5-11(17-2)16-12(8)9-6-15-10(13)7-14-9;1-2-8-4-3-5-13-11(8)9-6-15-10(12)7-14-9;2*1-3-2/h6-7,11,16H,3-5H2,1-2H3;3-7H,2H2,1H3;;. The maximum atomic E-state index is 8.29. The van der Waals surface area contributed by atoms with E-state index in [4.69, 9.17) is 44.8 Å². The lowest BCUT2D eigenvalue weighted by Crippen LogP contribution is -2.34. The minimum Gasteiger partial charge on any atom is -0.362 e. The van der Waals surface area contributed by atoms with E-state index in [-0.39, 0.29) is 6.23 Å². The van der Waals surface area contributed by atoms with E-state index in [1.54, 1.807) is 31.9 Å². The van der Waals surface area contributed by atoms with Crippen molar-refractivity contribution in [3.05, 3.63) is 70.3 Å². The van der Waals surface area contributed by atoms with Crippen LogP contribution in [0.25, 0.3) is 17.1 Å². The Bertz CT molecular complexity index is 1230. The first kappa shape index (κ1) is 33.1. The molecule has 1 N–H and O–H groups in total. The molecule has 1 aliphatic heterocycles. The van der Waals surface area contributed by atoms with Crippen LogP contribution in [0.3, 0.4) is 0 Å². The smallest absolute Gasteiger partial charge is 0.335 e. The molecule has 11 nitrogen and oxygen atoms in total. The van der Waals surface area contributed by atoms with Gasteiger partial charge < -0.3 is 10.1 Å². The van der Waals surface area contributed by atoms with E-state index in [1.807, 2.05) is 12.1 Å². The van der Waals surface area contributed by atoms with Crippen molar-refractivity contribution in [2.75, 3.05) is 7.11 Å². The van der Waals surface area contributed by atoms with Gasteiger partial charge in [0.15, 0.2) is 0 Å². The number of aryl methyl sites for hydroxylation is 1. The molecule has 1 atom stereocenters. The number of nitrogens with one attached hydrogen (secondary N) is 1. The van der Waals surface area contributed by atoms with E-state index >= 15 is 0 Å². The van der Waals surface area contributed by atoms with Crippen molar-refractivity contribution in [1.29, 1.82) is 0 Å². The van der Waals surface area contributed by atoms with Crippen molar-refractivity contribution in [1.82, 2.24) is 30.2 Å². The summed E-state index contributed by atoms with van der Waals surface area (Å²) in [5, 5.41) is 4.16. The Morgan fingerprint density at radius 3 is 1.95 bits per heavy atom. The summed E-state index contributed by atoms with van der Waals surface area (Å²) < 4.78 is 38.5. The third-order valence-electron chi connectivity index (χ3n) is 5.09. The molecular formula is C23H26Cl2N6O5S2. The molecule has 0 aromatic carbocycles. The molecule has 0 spiro atoms. The van der Waals surface area contributed by atoms with E-state index < -0.39 is 23.1 Å². The SMILES string of the molecule is CCC1=C(c2cnc(Cl)cn2)NC(OC)CC1.CCc1cccnc1-c1cnc(Cl)cn1.O=S=O.O=S=O. The maximum absolute atomic E-state index is 8.29. The Hall–Kier alpha value is -2.97. The molecule has 4 heterocycles. The zero-order valence-corrected chi connectivity index (χ0v) is 23.9. The van der Waals surface area contributed by atoms with Gasteiger partial charge in [-0.1, -0.05) is 43.1 Å². The number of methoxy groups -OCH3 is 1. The van der Waals surface area contributed by atoms with Gasteiger partial charge in [-0.15, -0.1) is 0 Å². The molecule has 0 aliphatic carbocycles. The predicted octanol–water partition coefficient (Wildman–Crippen LogP) is 4.02. The van der Waals surface area contributed by atoms with Gasteiger partial charge in [0.2, 0.25) is 0 Å². The third kappa shape index (κ3) is 11.2. The summed E-state index contributed by atoms with van der Waals surface area (Å²) in [5.74, 6) is 0. The highest BCUT2D eigenvalue weighted by Crippen LogP contribution is 2.27. The highest BCUT2D eigenvalue weighted by atomic mass is 35.5. The quantitative estimate of drug-likeness (QED) is 0.451. The normalized spacial score (nSPS) is 13.8. The van der Waals surface area contributed by atoms with Gasteiger partial charge in [0.05, 0.1) is 36.2 Å². The summed E-state index contributed by atoms with van der Waals surface area (Å²) in [7, 11) is 1.71. The summed E-state index contributed by atoms with van der Waals surface area (Å²) in [5.41, 5.74) is 6.02. The summed E-state index contributed by atoms with van der Waals surface area (Å²) in [6, 6.07) is 3.96. The zero-order chi connectivity index (χ0) is 28.3. The number of ether oxygens (including phenoxy) is 1. The van der Waals surface area contributed by atoms with Crippen LogP contribution in [0.4, 0.5) is 0 Å². The topological polar surface area (TPSA) is 154 Å². The van der Waals surface area contributed by atoms with Gasteiger partial charge >= 0.3 is 23.1 Å². The highest BCUT2D eigenvalue weighted by Gasteiger charge is 2.20. The molecule has 15 heteroatoms. The first-order valence-corrected chi connectivity index (χ1v) is 13.2. The molecule has 3 aromatic rings. The van der Waals surface area contributed by atoms with E-state index in [2.05, 4.69) is 44.1 Å². The zero-order valence-electron chi connectivity index (χ0n) is 20.8. The van der Waals surface area contributed by atoms with Crippen molar-refractivity contribution in [2.24, 2.45) is 0 Å². The minimum atomic E-state index is -0.750. The second-order valence-electron chi connectivity index (χ2n) is 7.19. The Balaban J connectivity index is 0.000000317. The Morgan fingerprint density at radius 1 is 0.895 bits per heavy atom. The van der Waals surface area contributed by atoms with E-state index in [9.17, 15) is 0 Å². The molecule has 1 unspecified atom stereocenters. The number of halogens is 2. The molecule has 0 saturated carbocycles. The largest absolute Gasteiger partial charge is 0.362 e. The van der Waals surface area contributed by atoms with Gasteiger partial charge in [0.25, 0.3) is 0 Å². The van der Waals surface area contributed by atoms with Crippen LogP contribution in [0.2, 0.25) is 10.3 Å². The van der Waals surface area contributed by atoms with Crippen LogP contribution in [0, 0.1) is 0 Å². The third-order valence-corrected chi connectivity index (χ3v) is 5.48. The second-order valence-corrected chi connectivity index (χ2v) is 8.24. The Morgan fingerprint density at radius 2 is 1.47 bits per heavy atom. The monoisotopic (exact) mass is 600 g/mol. The Labute approximate surface area is 237 Å². The minimum absolute atomic E-state index is 0.0535. The first-order chi connectivity index (χ1) is 18.4. The van der Waals surface area contributed by atoms with Gasteiger partial charge in [-0.25, -0.2) is 19.9 Å². The number of pyridine rings is 1. The van der Waals surface area contributed by atoms with Gasteiger partial charge in [0, 0.05) is 13.3 Å². The molecule has 4 rings (SSSR count). The molecule has 3 aromatic heterocycles. The molecular weight excluding hydrogens is 575 g/mol. The summed E-state index contributed by atoms with van der Waals surface area (Å²) >= 11 is 9.92. The summed E-state index contributed by atoms with van der Waals surface area (Å²) in [4.78, 5) is 20.9. The van der Waals surface area contributed by atoms with Crippen LogP contribution < -0.4 is 5.32 Å². The number of hydrogen-bond donors (Lipinski definition) is 1. The van der Waals surface area contributed by atoms with Crippen molar-refractivity contribution in [3.63, 3.8) is 0 Å². The van der Waals surface area contributed by atoms with Crippen LogP contribution in [0.1, 0.15) is 44.4 Å². The summed E-state index contributed by atoms with van der Waals surface area (Å²) in [6.07, 6.45) is 12.2. The van der Waals surface area contributed by atoms with Crippen molar-refractivity contribution >= 4 is 52.0 Å². The number of rotatable bonds is 5. The first-order valence-electron chi connectivity index (χ1n) is 11.1. The van der Waals surface area contributed by atoms with E-state index in [0.717, 1.165) is 54.0 Å². The van der Waals surface area contributed by atoms with E-state index in [0.29, 0.717) is 10.3 Å². The molecule has 0 radical (unpaired) electrons. The summed E-state index contributed by atoms with van der Waals surface area (Å²) in [6.45, 7) is 4.23. The maximum Gasteiger partial charge on any atom is 0.335 e. The van der Waals surface area contributed by atoms with Crippen LogP contribution in [0.15, 0.2) is 48.7 Å². The van der Waals surface area contributed by atoms with Crippen molar-refractivity contribution in [3.8, 4) is 11.4 Å². The van der Waals surface area contributed by atoms with Gasteiger partial charge in [-0.2, -0.15) is 16.8 Å². The average Bonchev–Trinajstić information content (AvgIpc) is 2.95. The molecule has 0 bridgehead atoms. The molecule has 204 valence electrons. The predicted molar refractivity (Wildman–Crippen MR) is 145 cm³/mol. The molecule has 0 amide bonds. The number of hydrogen-bond acceptors (Lipinski definition) is 11. The van der Waals surface area contributed by atoms with Crippen LogP contribution in [0.5, 0.6) is 0 Å². The highest BCUT2D eigenvalue weighted by molar-refractivity contribution is 7.51. The molecule has 38 heavy (non-hydrogen) atoms. The number of nitrogens with zero attached hydrogens (tertiary/aromatic N) is 5. The number of aromatic nitrogens is 5. The lowest BCUT2D eigenvalue weighted by Gasteiger charge is -2.27. The fourth-order valence-electron chi connectivity index (χ4n) is 3.38. The fraction of sp³-hybridized carbons (Fsp3) is 0.348. The van der Waals surface area contributed by atoms with Crippen LogP contribution in [-0.4, -0.2) is 55.1 Å².